The number of aromatic nitrogens is 1. The van der Waals surface area contributed by atoms with Crippen molar-refractivity contribution in [1.82, 2.24) is 5.16 Å². The van der Waals surface area contributed by atoms with E-state index in [1.165, 1.54) is 12.1 Å². The molecule has 120 valence electrons. The normalized spacial score (nSPS) is 15.3. The Bertz CT molecular complexity index is 808. The predicted molar refractivity (Wildman–Crippen MR) is 77.9 cm³/mol. The summed E-state index contributed by atoms with van der Waals surface area (Å²) in [6.07, 6.45) is 1.61. The SMILES string of the molecule is O=C(O)c1noc(C2CC2)c1C(=O)c1ccccc1CS(=O)[O-]. The summed E-state index contributed by atoms with van der Waals surface area (Å²) < 4.78 is 27.0. The van der Waals surface area contributed by atoms with E-state index in [-0.39, 0.29) is 28.6 Å². The van der Waals surface area contributed by atoms with E-state index in [1.807, 2.05) is 0 Å². The molecule has 2 aromatic rings. The van der Waals surface area contributed by atoms with Gasteiger partial charge in [0, 0.05) is 17.2 Å². The molecule has 1 heterocycles. The van der Waals surface area contributed by atoms with Crippen molar-refractivity contribution in [3.05, 3.63) is 52.4 Å². The Morgan fingerprint density at radius 2 is 2.04 bits per heavy atom. The molecule has 0 amide bonds. The third kappa shape index (κ3) is 3.08. The zero-order chi connectivity index (χ0) is 16.6. The lowest BCUT2D eigenvalue weighted by atomic mass is 9.96. The van der Waals surface area contributed by atoms with Gasteiger partial charge in [-0.3, -0.25) is 9.00 Å². The van der Waals surface area contributed by atoms with Crippen LogP contribution < -0.4 is 0 Å². The summed E-state index contributed by atoms with van der Waals surface area (Å²) >= 11 is -2.36. The fourth-order valence-electron chi connectivity index (χ4n) is 2.42. The number of aromatic carboxylic acids is 1. The summed E-state index contributed by atoms with van der Waals surface area (Å²) in [4.78, 5) is 24.1. The van der Waals surface area contributed by atoms with Gasteiger partial charge in [0.1, 0.15) is 5.56 Å². The largest absolute Gasteiger partial charge is 0.772 e. The van der Waals surface area contributed by atoms with E-state index in [9.17, 15) is 23.5 Å². The van der Waals surface area contributed by atoms with Crippen LogP contribution in [-0.4, -0.2) is 30.8 Å². The van der Waals surface area contributed by atoms with Crippen LogP contribution in [0.2, 0.25) is 0 Å². The molecule has 7 nitrogen and oxygen atoms in total. The first-order valence-corrected chi connectivity index (χ1v) is 8.14. The molecule has 1 N–H and O–H groups in total. The summed E-state index contributed by atoms with van der Waals surface area (Å²) in [5.41, 5.74) is -0.0616. The minimum absolute atomic E-state index is 0.00430. The number of benzene rings is 1. The second kappa shape index (κ2) is 6.05. The van der Waals surface area contributed by atoms with E-state index in [0.717, 1.165) is 12.8 Å². The van der Waals surface area contributed by atoms with Crippen LogP contribution in [0.4, 0.5) is 0 Å². The van der Waals surface area contributed by atoms with E-state index in [4.69, 9.17) is 4.52 Å². The van der Waals surface area contributed by atoms with Crippen LogP contribution in [0.3, 0.4) is 0 Å². The number of nitrogens with zero attached hydrogens (tertiary/aromatic N) is 1. The van der Waals surface area contributed by atoms with Crippen molar-refractivity contribution in [2.24, 2.45) is 0 Å². The van der Waals surface area contributed by atoms with E-state index in [1.54, 1.807) is 12.1 Å². The molecule has 1 aromatic carbocycles. The van der Waals surface area contributed by atoms with Gasteiger partial charge in [-0.15, -0.1) is 0 Å². The fourth-order valence-corrected chi connectivity index (χ4v) is 2.93. The molecular formula is C15H12NO6S-. The van der Waals surface area contributed by atoms with Crippen LogP contribution >= 0.6 is 0 Å². The highest BCUT2D eigenvalue weighted by atomic mass is 32.2. The molecule has 0 aliphatic heterocycles. The Morgan fingerprint density at radius 3 is 2.65 bits per heavy atom. The van der Waals surface area contributed by atoms with Gasteiger partial charge in [0.05, 0.1) is 0 Å². The quantitative estimate of drug-likeness (QED) is 0.632. The zero-order valence-electron chi connectivity index (χ0n) is 11.9. The number of carboxylic acids is 1. The van der Waals surface area contributed by atoms with Crippen LogP contribution in [0.25, 0.3) is 0 Å². The first kappa shape index (κ1) is 15.6. The summed E-state index contributed by atoms with van der Waals surface area (Å²) in [5, 5.41) is 12.7. The Labute approximate surface area is 133 Å². The summed E-state index contributed by atoms with van der Waals surface area (Å²) in [7, 11) is 0. The first-order chi connectivity index (χ1) is 11.0. The molecule has 1 saturated carbocycles. The smallest absolute Gasteiger partial charge is 0.358 e. The van der Waals surface area contributed by atoms with Crippen molar-refractivity contribution >= 4 is 22.8 Å². The number of rotatable bonds is 6. The van der Waals surface area contributed by atoms with Crippen LogP contribution in [-0.2, 0) is 16.8 Å². The molecule has 1 aliphatic carbocycles. The van der Waals surface area contributed by atoms with E-state index >= 15 is 0 Å². The van der Waals surface area contributed by atoms with Crippen molar-refractivity contribution in [3.8, 4) is 0 Å². The number of hydrogen-bond acceptors (Lipinski definition) is 6. The van der Waals surface area contributed by atoms with Gasteiger partial charge < -0.3 is 14.2 Å². The van der Waals surface area contributed by atoms with Gasteiger partial charge in [-0.05, 0) is 18.4 Å². The van der Waals surface area contributed by atoms with Crippen LogP contribution in [0.15, 0.2) is 28.8 Å². The van der Waals surface area contributed by atoms with Crippen LogP contribution in [0.5, 0.6) is 0 Å². The van der Waals surface area contributed by atoms with Crippen LogP contribution in [0, 0.1) is 0 Å². The van der Waals surface area contributed by atoms with Crippen molar-refractivity contribution in [1.29, 1.82) is 0 Å². The third-order valence-corrected chi connectivity index (χ3v) is 4.18. The Kier molecular flexibility index (Phi) is 4.10. The number of ketones is 1. The summed E-state index contributed by atoms with van der Waals surface area (Å²) in [6, 6.07) is 6.20. The highest BCUT2D eigenvalue weighted by Crippen LogP contribution is 2.43. The molecule has 1 fully saturated rings. The molecule has 23 heavy (non-hydrogen) atoms. The van der Waals surface area contributed by atoms with Gasteiger partial charge >= 0.3 is 5.97 Å². The standard InChI is InChI=1S/C15H13NO6S/c17-13(10-4-2-1-3-9(10)7-23(20)21)11-12(15(18)19)16-22-14(11)8-5-6-8/h1-4,8H,5-7H2,(H,18,19)(H,20,21)/p-1. The highest BCUT2D eigenvalue weighted by molar-refractivity contribution is 7.78. The third-order valence-electron chi connectivity index (χ3n) is 3.63. The van der Waals surface area contributed by atoms with E-state index < -0.39 is 28.5 Å². The van der Waals surface area contributed by atoms with Crippen molar-refractivity contribution in [3.63, 3.8) is 0 Å². The molecule has 1 unspecified atom stereocenters. The maximum absolute atomic E-state index is 12.8. The minimum Gasteiger partial charge on any atom is -0.772 e. The molecule has 1 aliphatic rings. The number of carbonyl (C=O) groups excluding carboxylic acids is 1. The average molecular weight is 334 g/mol. The van der Waals surface area contributed by atoms with Gasteiger partial charge in [-0.2, -0.15) is 0 Å². The lowest BCUT2D eigenvalue weighted by Crippen LogP contribution is -2.12. The van der Waals surface area contributed by atoms with Crippen molar-refractivity contribution in [2.45, 2.75) is 24.5 Å². The highest BCUT2D eigenvalue weighted by Gasteiger charge is 2.37. The Hall–Kier alpha value is -2.32. The van der Waals surface area contributed by atoms with E-state index in [0.29, 0.717) is 5.56 Å². The Balaban J connectivity index is 2.09. The van der Waals surface area contributed by atoms with Crippen molar-refractivity contribution in [2.75, 3.05) is 0 Å². The molecule has 0 radical (unpaired) electrons. The molecule has 8 heteroatoms. The lowest BCUT2D eigenvalue weighted by Gasteiger charge is -2.10. The van der Waals surface area contributed by atoms with Gasteiger partial charge in [0.15, 0.2) is 11.5 Å². The maximum Gasteiger partial charge on any atom is 0.358 e. The number of hydrogen-bond donors (Lipinski definition) is 1. The molecule has 3 rings (SSSR count). The van der Waals surface area contributed by atoms with Crippen molar-refractivity contribution < 1.29 is 28.0 Å². The molecule has 1 atom stereocenters. The van der Waals surface area contributed by atoms with Gasteiger partial charge in [0.25, 0.3) is 0 Å². The molecule has 0 spiro atoms. The number of carbonyl (C=O) groups is 2. The second-order valence-electron chi connectivity index (χ2n) is 5.28. The lowest BCUT2D eigenvalue weighted by molar-refractivity contribution is 0.0682. The first-order valence-electron chi connectivity index (χ1n) is 6.90. The zero-order valence-corrected chi connectivity index (χ0v) is 12.7. The Morgan fingerprint density at radius 1 is 1.35 bits per heavy atom. The topological polar surface area (TPSA) is 121 Å². The second-order valence-corrected chi connectivity index (χ2v) is 6.18. The molecule has 0 saturated heterocycles. The van der Waals surface area contributed by atoms with Gasteiger partial charge in [-0.1, -0.05) is 40.5 Å². The molecular weight excluding hydrogens is 322 g/mol. The molecule has 1 aromatic heterocycles. The fraction of sp³-hybridized carbons (Fsp3) is 0.267. The molecule has 0 bridgehead atoms. The van der Waals surface area contributed by atoms with Gasteiger partial charge in [-0.25, -0.2) is 4.79 Å². The summed E-state index contributed by atoms with van der Waals surface area (Å²) in [6.45, 7) is 0. The van der Waals surface area contributed by atoms with Crippen LogP contribution in [0.1, 0.15) is 56.5 Å². The minimum atomic E-state index is -2.36. The van der Waals surface area contributed by atoms with E-state index in [2.05, 4.69) is 5.16 Å². The maximum atomic E-state index is 12.8. The summed E-state index contributed by atoms with van der Waals surface area (Å²) in [5.74, 6) is -1.99. The monoisotopic (exact) mass is 334 g/mol. The van der Waals surface area contributed by atoms with Gasteiger partial charge in [0.2, 0.25) is 5.69 Å². The predicted octanol–water partition coefficient (Wildman–Crippen LogP) is 1.86. The number of carboxylic acid groups (broad SMARTS) is 1. The average Bonchev–Trinajstić information content (AvgIpc) is 3.24.